The maximum atomic E-state index is 12.2. The van der Waals surface area contributed by atoms with E-state index in [-0.39, 0.29) is 16.7 Å². The van der Waals surface area contributed by atoms with Gasteiger partial charge in [0.05, 0.1) is 0 Å². The van der Waals surface area contributed by atoms with Crippen molar-refractivity contribution in [3.63, 3.8) is 0 Å². The number of amides is 1. The molecule has 0 aliphatic carbocycles. The van der Waals surface area contributed by atoms with Crippen LogP contribution in [0, 0.1) is 5.92 Å². The molecule has 118 valence electrons. The van der Waals surface area contributed by atoms with Crippen LogP contribution in [0.25, 0.3) is 10.8 Å². The van der Waals surface area contributed by atoms with Crippen molar-refractivity contribution in [2.45, 2.75) is 31.6 Å². The molecule has 0 saturated carbocycles. The fourth-order valence-corrected chi connectivity index (χ4v) is 3.20. The van der Waals surface area contributed by atoms with Crippen LogP contribution in [0.5, 0.6) is 0 Å². The van der Waals surface area contributed by atoms with Crippen molar-refractivity contribution in [3.05, 3.63) is 36.4 Å². The molecule has 0 aliphatic rings. The molecule has 6 heteroatoms. The van der Waals surface area contributed by atoms with Gasteiger partial charge < -0.3 is 5.32 Å². The molecule has 0 atom stereocenters. The summed E-state index contributed by atoms with van der Waals surface area (Å²) in [7, 11) is -4.31. The maximum Gasteiger partial charge on any atom is 0.295 e. The number of carbonyl (C=O) groups is 1. The van der Waals surface area contributed by atoms with Crippen LogP contribution in [0.15, 0.2) is 41.3 Å². The van der Waals surface area contributed by atoms with Crippen LogP contribution in [-0.2, 0) is 14.9 Å². The first kappa shape index (κ1) is 16.5. The van der Waals surface area contributed by atoms with E-state index in [0.29, 0.717) is 16.5 Å². The third-order valence-electron chi connectivity index (χ3n) is 3.78. The van der Waals surface area contributed by atoms with E-state index in [9.17, 15) is 17.8 Å². The number of hydrogen-bond donors (Lipinski definition) is 2. The molecule has 0 radical (unpaired) electrons. The van der Waals surface area contributed by atoms with Crippen molar-refractivity contribution in [1.82, 2.24) is 0 Å². The number of nitrogens with one attached hydrogen (secondary N) is 1. The minimum Gasteiger partial charge on any atom is -0.325 e. The van der Waals surface area contributed by atoms with Gasteiger partial charge in [-0.25, -0.2) is 0 Å². The van der Waals surface area contributed by atoms with Gasteiger partial charge in [0.1, 0.15) is 4.90 Å². The standard InChI is InChI=1S/C16H19NO4S/c1-3-11(4-2)16(18)17-14-9-10-15(22(19,20)21)13-8-6-5-7-12(13)14/h5-11H,3-4H2,1-2H3,(H,17,18)(H,19,20,21). The normalized spacial score (nSPS) is 11.8. The molecular formula is C16H19NO4S. The first-order valence-electron chi connectivity index (χ1n) is 7.18. The zero-order valence-corrected chi connectivity index (χ0v) is 13.4. The Morgan fingerprint density at radius 1 is 1.09 bits per heavy atom. The molecule has 0 saturated heterocycles. The maximum absolute atomic E-state index is 12.2. The molecule has 0 aromatic heterocycles. The predicted molar refractivity (Wildman–Crippen MR) is 86.5 cm³/mol. The van der Waals surface area contributed by atoms with Crippen LogP contribution < -0.4 is 5.32 Å². The van der Waals surface area contributed by atoms with E-state index in [2.05, 4.69) is 5.32 Å². The van der Waals surface area contributed by atoms with Gasteiger partial charge in [-0.2, -0.15) is 8.42 Å². The summed E-state index contributed by atoms with van der Waals surface area (Å²) in [6, 6.07) is 9.57. The summed E-state index contributed by atoms with van der Waals surface area (Å²) in [5, 5.41) is 3.81. The zero-order chi connectivity index (χ0) is 16.3. The van der Waals surface area contributed by atoms with Gasteiger partial charge in [-0.3, -0.25) is 9.35 Å². The van der Waals surface area contributed by atoms with E-state index in [0.717, 1.165) is 12.8 Å². The fourth-order valence-electron chi connectivity index (χ4n) is 2.50. The van der Waals surface area contributed by atoms with Gasteiger partial charge >= 0.3 is 0 Å². The smallest absolute Gasteiger partial charge is 0.295 e. The summed E-state index contributed by atoms with van der Waals surface area (Å²) in [6.45, 7) is 3.90. The number of benzene rings is 2. The second-order valence-electron chi connectivity index (χ2n) is 5.13. The number of fused-ring (bicyclic) bond motifs is 1. The molecule has 1 amide bonds. The van der Waals surface area contributed by atoms with Crippen molar-refractivity contribution in [2.75, 3.05) is 5.32 Å². The second-order valence-corrected chi connectivity index (χ2v) is 6.52. The highest BCUT2D eigenvalue weighted by Gasteiger charge is 2.18. The Morgan fingerprint density at radius 3 is 2.23 bits per heavy atom. The van der Waals surface area contributed by atoms with Crippen LogP contribution in [0.3, 0.4) is 0 Å². The summed E-state index contributed by atoms with van der Waals surface area (Å²) in [5.74, 6) is -0.172. The highest BCUT2D eigenvalue weighted by atomic mass is 32.2. The van der Waals surface area contributed by atoms with Crippen molar-refractivity contribution in [1.29, 1.82) is 0 Å². The van der Waals surface area contributed by atoms with E-state index in [1.807, 2.05) is 13.8 Å². The minimum atomic E-state index is -4.31. The Balaban J connectivity index is 2.52. The Bertz CT molecular complexity index is 795. The summed E-state index contributed by atoms with van der Waals surface area (Å²) in [6.07, 6.45) is 1.48. The molecule has 0 aliphatic heterocycles. The van der Waals surface area contributed by atoms with Gasteiger partial charge in [0.25, 0.3) is 10.1 Å². The molecular weight excluding hydrogens is 302 g/mol. The molecule has 0 spiro atoms. The Hall–Kier alpha value is -1.92. The average Bonchev–Trinajstić information content (AvgIpc) is 2.47. The highest BCUT2D eigenvalue weighted by Crippen LogP contribution is 2.29. The van der Waals surface area contributed by atoms with Gasteiger partial charge in [-0.15, -0.1) is 0 Å². The largest absolute Gasteiger partial charge is 0.325 e. The van der Waals surface area contributed by atoms with E-state index >= 15 is 0 Å². The number of hydrogen-bond acceptors (Lipinski definition) is 3. The Labute approximate surface area is 130 Å². The summed E-state index contributed by atoms with van der Waals surface area (Å²) in [4.78, 5) is 12.1. The molecule has 5 nitrogen and oxygen atoms in total. The molecule has 22 heavy (non-hydrogen) atoms. The van der Waals surface area contributed by atoms with Crippen LogP contribution in [0.2, 0.25) is 0 Å². The van der Waals surface area contributed by atoms with E-state index in [4.69, 9.17) is 0 Å². The average molecular weight is 321 g/mol. The molecule has 0 bridgehead atoms. The number of carbonyl (C=O) groups excluding carboxylic acids is 1. The lowest BCUT2D eigenvalue weighted by Crippen LogP contribution is -2.21. The lowest BCUT2D eigenvalue weighted by atomic mass is 10.0. The predicted octanol–water partition coefficient (Wildman–Crippen LogP) is 3.46. The van der Waals surface area contributed by atoms with Crippen LogP contribution >= 0.6 is 0 Å². The topological polar surface area (TPSA) is 83.5 Å². The Kier molecular flexibility index (Phi) is 4.83. The van der Waals surface area contributed by atoms with Gasteiger partial charge in [0.15, 0.2) is 0 Å². The van der Waals surface area contributed by atoms with Crippen molar-refractivity contribution < 1.29 is 17.8 Å². The fraction of sp³-hybridized carbons (Fsp3) is 0.312. The molecule has 0 heterocycles. The molecule has 0 unspecified atom stereocenters. The molecule has 2 aromatic rings. The second kappa shape index (κ2) is 6.46. The molecule has 2 rings (SSSR count). The first-order valence-corrected chi connectivity index (χ1v) is 8.62. The third kappa shape index (κ3) is 3.28. The summed E-state index contributed by atoms with van der Waals surface area (Å²) < 4.78 is 32.2. The first-order chi connectivity index (χ1) is 10.4. The third-order valence-corrected chi connectivity index (χ3v) is 4.69. The van der Waals surface area contributed by atoms with E-state index in [1.165, 1.54) is 12.1 Å². The van der Waals surface area contributed by atoms with Gasteiger partial charge in [-0.1, -0.05) is 38.1 Å². The molecule has 0 fully saturated rings. The number of anilines is 1. The van der Waals surface area contributed by atoms with Crippen LogP contribution in [0.1, 0.15) is 26.7 Å². The molecule has 2 N–H and O–H groups in total. The van der Waals surface area contributed by atoms with Crippen molar-refractivity contribution >= 4 is 32.5 Å². The minimum absolute atomic E-state index is 0.0833. The van der Waals surface area contributed by atoms with E-state index < -0.39 is 10.1 Å². The lowest BCUT2D eigenvalue weighted by Gasteiger charge is -2.15. The van der Waals surface area contributed by atoms with Crippen molar-refractivity contribution in [2.24, 2.45) is 5.92 Å². The SMILES string of the molecule is CCC(CC)C(=O)Nc1ccc(S(=O)(=O)O)c2ccccc12. The van der Waals surface area contributed by atoms with Gasteiger partial charge in [0, 0.05) is 22.4 Å². The summed E-state index contributed by atoms with van der Waals surface area (Å²) in [5.41, 5.74) is 0.542. The van der Waals surface area contributed by atoms with Gasteiger partial charge in [0.2, 0.25) is 5.91 Å². The van der Waals surface area contributed by atoms with Crippen LogP contribution in [-0.4, -0.2) is 18.9 Å². The monoisotopic (exact) mass is 321 g/mol. The zero-order valence-electron chi connectivity index (χ0n) is 12.5. The van der Waals surface area contributed by atoms with Crippen LogP contribution in [0.4, 0.5) is 5.69 Å². The van der Waals surface area contributed by atoms with E-state index in [1.54, 1.807) is 24.3 Å². The quantitative estimate of drug-likeness (QED) is 0.826. The highest BCUT2D eigenvalue weighted by molar-refractivity contribution is 7.86. The van der Waals surface area contributed by atoms with Crippen molar-refractivity contribution in [3.8, 4) is 0 Å². The lowest BCUT2D eigenvalue weighted by molar-refractivity contribution is -0.120. The Morgan fingerprint density at radius 2 is 1.68 bits per heavy atom. The molecule has 2 aromatic carbocycles. The van der Waals surface area contributed by atoms with Gasteiger partial charge in [-0.05, 0) is 25.0 Å². The summed E-state index contributed by atoms with van der Waals surface area (Å²) >= 11 is 0. The number of rotatable bonds is 5.